The van der Waals surface area contributed by atoms with Crippen molar-refractivity contribution in [3.63, 3.8) is 0 Å². The van der Waals surface area contributed by atoms with Crippen LogP contribution in [0.2, 0.25) is 0 Å². The van der Waals surface area contributed by atoms with Crippen LogP contribution in [0.3, 0.4) is 0 Å². The number of ether oxygens (including phenoxy) is 1. The molecule has 0 amide bonds. The molecule has 0 aliphatic rings. The zero-order valence-electron chi connectivity index (χ0n) is 8.75. The first-order chi connectivity index (χ1) is 7.60. The molecule has 4 nitrogen and oxygen atoms in total. The van der Waals surface area contributed by atoms with E-state index in [-0.39, 0.29) is 0 Å². The second-order valence-electron chi connectivity index (χ2n) is 3.18. The van der Waals surface area contributed by atoms with Gasteiger partial charge in [0.05, 0.1) is 7.11 Å². The van der Waals surface area contributed by atoms with E-state index in [2.05, 4.69) is 10.7 Å². The molecule has 0 fully saturated rings. The lowest BCUT2D eigenvalue weighted by Gasteiger charge is -2.15. The highest BCUT2D eigenvalue weighted by atomic mass is 16.5. The van der Waals surface area contributed by atoms with E-state index in [0.29, 0.717) is 11.1 Å². The monoisotopic (exact) mass is 220 g/mol. The van der Waals surface area contributed by atoms with Crippen molar-refractivity contribution in [2.45, 2.75) is 12.2 Å². The van der Waals surface area contributed by atoms with Gasteiger partial charge >= 0.3 is 5.97 Å². The van der Waals surface area contributed by atoms with E-state index < -0.39 is 18.2 Å². The zero-order valence-corrected chi connectivity index (χ0v) is 8.75. The summed E-state index contributed by atoms with van der Waals surface area (Å²) < 4.78 is 4.32. The molecule has 0 radical (unpaired) electrons. The maximum Gasteiger partial charge on any atom is 0.337 e. The highest BCUT2D eigenvalue weighted by Crippen LogP contribution is 2.18. The minimum absolute atomic E-state index is 0.400. The van der Waals surface area contributed by atoms with Crippen LogP contribution in [0.1, 0.15) is 17.2 Å². The number of rotatable bonds is 3. The third kappa shape index (κ3) is 2.60. The first-order valence-electron chi connectivity index (χ1n) is 4.60. The van der Waals surface area contributed by atoms with Crippen molar-refractivity contribution < 1.29 is 19.7 Å². The summed E-state index contributed by atoms with van der Waals surface area (Å²) >= 11 is 0. The third-order valence-electron chi connectivity index (χ3n) is 2.16. The Labute approximate surface area is 93.5 Å². The Morgan fingerprint density at radius 2 is 1.94 bits per heavy atom. The maximum atomic E-state index is 11.0. The lowest BCUT2D eigenvalue weighted by molar-refractivity contribution is -0.156. The van der Waals surface area contributed by atoms with Crippen molar-refractivity contribution in [3.8, 4) is 12.3 Å². The summed E-state index contributed by atoms with van der Waals surface area (Å²) in [4.78, 5) is 11.0. The van der Waals surface area contributed by atoms with E-state index in [0.717, 1.165) is 7.11 Å². The number of benzene rings is 1. The largest absolute Gasteiger partial charge is 0.467 e. The molecule has 0 saturated heterocycles. The van der Waals surface area contributed by atoms with Gasteiger partial charge in [-0.15, -0.1) is 6.42 Å². The third-order valence-corrected chi connectivity index (χ3v) is 2.16. The Morgan fingerprint density at radius 3 is 2.38 bits per heavy atom. The summed E-state index contributed by atoms with van der Waals surface area (Å²) in [6, 6.07) is 6.32. The van der Waals surface area contributed by atoms with Crippen molar-refractivity contribution in [3.05, 3.63) is 35.4 Å². The molecule has 0 aliphatic carbocycles. The molecule has 0 spiro atoms. The summed E-state index contributed by atoms with van der Waals surface area (Å²) in [5.74, 6) is 1.54. The second-order valence-corrected chi connectivity index (χ2v) is 3.18. The molecule has 1 aromatic rings. The van der Waals surface area contributed by atoms with Crippen LogP contribution in [0.15, 0.2) is 24.3 Å². The van der Waals surface area contributed by atoms with Crippen LogP contribution in [0.5, 0.6) is 0 Å². The van der Waals surface area contributed by atoms with Gasteiger partial charge in [-0.25, -0.2) is 4.79 Å². The Hall–Kier alpha value is -1.83. The van der Waals surface area contributed by atoms with Gasteiger partial charge in [0.15, 0.2) is 6.10 Å². The minimum atomic E-state index is -1.60. The molecule has 2 N–H and O–H groups in total. The molecule has 16 heavy (non-hydrogen) atoms. The van der Waals surface area contributed by atoms with E-state index in [9.17, 15) is 15.0 Å². The van der Waals surface area contributed by atoms with Crippen molar-refractivity contribution in [1.29, 1.82) is 0 Å². The Bertz CT molecular complexity index is 402. The Balaban J connectivity index is 2.84. The summed E-state index contributed by atoms with van der Waals surface area (Å²) in [5, 5.41) is 19.1. The first-order valence-corrected chi connectivity index (χ1v) is 4.60. The fourth-order valence-corrected chi connectivity index (χ4v) is 1.21. The lowest BCUT2D eigenvalue weighted by Crippen LogP contribution is -2.28. The van der Waals surface area contributed by atoms with Crippen LogP contribution >= 0.6 is 0 Å². The van der Waals surface area contributed by atoms with Crippen LogP contribution in [-0.2, 0) is 9.53 Å². The number of aliphatic hydroxyl groups excluding tert-OH is 2. The summed E-state index contributed by atoms with van der Waals surface area (Å²) in [7, 11) is 1.14. The fraction of sp³-hybridized carbons (Fsp3) is 0.250. The number of carbonyl (C=O) groups is 1. The summed E-state index contributed by atoms with van der Waals surface area (Å²) in [6.45, 7) is 0. The average Bonchev–Trinajstić information content (AvgIpc) is 2.36. The van der Waals surface area contributed by atoms with Crippen LogP contribution in [0.4, 0.5) is 0 Å². The van der Waals surface area contributed by atoms with Gasteiger partial charge in [0.1, 0.15) is 6.10 Å². The molecular weight excluding hydrogens is 208 g/mol. The number of hydrogen-bond acceptors (Lipinski definition) is 4. The van der Waals surface area contributed by atoms with Crippen molar-refractivity contribution in [2.75, 3.05) is 7.11 Å². The highest BCUT2D eigenvalue weighted by Gasteiger charge is 2.26. The van der Waals surface area contributed by atoms with Gasteiger partial charge in [-0.1, -0.05) is 18.1 Å². The average molecular weight is 220 g/mol. The Morgan fingerprint density at radius 1 is 1.38 bits per heavy atom. The minimum Gasteiger partial charge on any atom is -0.467 e. The van der Waals surface area contributed by atoms with Crippen LogP contribution in [-0.4, -0.2) is 29.4 Å². The van der Waals surface area contributed by atoms with E-state index >= 15 is 0 Å². The fourth-order valence-electron chi connectivity index (χ4n) is 1.21. The molecule has 1 rings (SSSR count). The molecule has 0 heterocycles. The number of carbonyl (C=O) groups excluding carboxylic acids is 1. The van der Waals surface area contributed by atoms with Gasteiger partial charge in [-0.2, -0.15) is 0 Å². The molecule has 1 aromatic carbocycles. The molecule has 4 heteroatoms. The summed E-state index contributed by atoms with van der Waals surface area (Å²) in [6.07, 6.45) is 2.25. The van der Waals surface area contributed by atoms with Crippen molar-refractivity contribution >= 4 is 5.97 Å². The molecule has 0 aromatic heterocycles. The van der Waals surface area contributed by atoms with Gasteiger partial charge in [-0.3, -0.25) is 0 Å². The number of aliphatic hydroxyl groups is 2. The smallest absolute Gasteiger partial charge is 0.337 e. The number of terminal acetylenes is 1. The van der Waals surface area contributed by atoms with Crippen molar-refractivity contribution in [1.82, 2.24) is 0 Å². The quantitative estimate of drug-likeness (QED) is 0.565. The molecular formula is C12H12O4. The lowest BCUT2D eigenvalue weighted by atomic mass is 10.0. The van der Waals surface area contributed by atoms with Gasteiger partial charge in [0.2, 0.25) is 0 Å². The van der Waals surface area contributed by atoms with Crippen LogP contribution in [0, 0.1) is 12.3 Å². The molecule has 0 aliphatic heterocycles. The predicted octanol–water partition coefficient (Wildman–Crippen LogP) is 0.235. The van der Waals surface area contributed by atoms with Gasteiger partial charge in [0.25, 0.3) is 0 Å². The molecule has 2 atom stereocenters. The van der Waals surface area contributed by atoms with Gasteiger partial charge in [0, 0.05) is 5.56 Å². The zero-order chi connectivity index (χ0) is 12.1. The summed E-state index contributed by atoms with van der Waals surface area (Å²) in [5.41, 5.74) is 1.06. The van der Waals surface area contributed by atoms with Crippen LogP contribution < -0.4 is 0 Å². The number of hydrogen-bond donors (Lipinski definition) is 2. The normalized spacial score (nSPS) is 13.6. The maximum absolute atomic E-state index is 11.0. The highest BCUT2D eigenvalue weighted by molar-refractivity contribution is 5.75. The SMILES string of the molecule is C#Cc1ccc(C(O)C(O)C(=O)OC)cc1. The second kappa shape index (κ2) is 5.31. The Kier molecular flexibility index (Phi) is 4.06. The molecule has 0 saturated carbocycles. The van der Waals surface area contributed by atoms with Gasteiger partial charge < -0.3 is 14.9 Å². The predicted molar refractivity (Wildman–Crippen MR) is 57.4 cm³/mol. The molecule has 84 valence electrons. The van der Waals surface area contributed by atoms with E-state index in [1.165, 1.54) is 0 Å². The van der Waals surface area contributed by atoms with Crippen LogP contribution in [0.25, 0.3) is 0 Å². The first kappa shape index (κ1) is 12.2. The number of esters is 1. The number of methoxy groups -OCH3 is 1. The van der Waals surface area contributed by atoms with E-state index in [1.54, 1.807) is 24.3 Å². The molecule has 2 unspecified atom stereocenters. The van der Waals surface area contributed by atoms with E-state index in [1.807, 2.05) is 0 Å². The molecule has 0 bridgehead atoms. The standard InChI is InChI=1S/C12H12O4/c1-3-8-4-6-9(7-5-8)10(13)11(14)12(15)16-2/h1,4-7,10-11,13-14H,2H3. The topological polar surface area (TPSA) is 66.8 Å². The van der Waals surface area contributed by atoms with E-state index in [4.69, 9.17) is 6.42 Å². The van der Waals surface area contributed by atoms with Crippen molar-refractivity contribution in [2.24, 2.45) is 0 Å². The van der Waals surface area contributed by atoms with Gasteiger partial charge in [-0.05, 0) is 17.7 Å².